The van der Waals surface area contributed by atoms with Crippen molar-refractivity contribution in [1.29, 1.82) is 0 Å². The van der Waals surface area contributed by atoms with Gasteiger partial charge in [-0.3, -0.25) is 0 Å². The van der Waals surface area contributed by atoms with Gasteiger partial charge >= 0.3 is 0 Å². The van der Waals surface area contributed by atoms with Gasteiger partial charge in [0, 0.05) is 10.4 Å². The predicted molar refractivity (Wildman–Crippen MR) is 75.6 cm³/mol. The van der Waals surface area contributed by atoms with Crippen molar-refractivity contribution in [3.8, 4) is 11.3 Å². The molecular weight excluding hydrogens is 226 g/mol. The van der Waals surface area contributed by atoms with Gasteiger partial charge in [0.2, 0.25) is 0 Å². The van der Waals surface area contributed by atoms with Crippen molar-refractivity contribution in [2.75, 3.05) is 0 Å². The van der Waals surface area contributed by atoms with E-state index in [9.17, 15) is 0 Å². The molecule has 0 unspecified atom stereocenters. The molecule has 0 aliphatic rings. The van der Waals surface area contributed by atoms with E-state index >= 15 is 0 Å². The molecule has 0 aliphatic heterocycles. The fourth-order valence-electron chi connectivity index (χ4n) is 2.07. The Morgan fingerprint density at radius 2 is 2.06 bits per heavy atom. The van der Waals surface area contributed by atoms with Crippen LogP contribution < -0.4 is 0 Å². The van der Waals surface area contributed by atoms with E-state index in [-0.39, 0.29) is 0 Å². The van der Waals surface area contributed by atoms with Crippen molar-refractivity contribution in [1.82, 2.24) is 4.98 Å². The molecule has 1 aromatic heterocycles. The smallest absolute Gasteiger partial charge is 0.0840 e. The van der Waals surface area contributed by atoms with Gasteiger partial charge in [-0.05, 0) is 43.9 Å². The van der Waals surface area contributed by atoms with E-state index in [4.69, 9.17) is 0 Å². The van der Waals surface area contributed by atoms with Crippen LogP contribution in [-0.2, 0) is 6.42 Å². The molecule has 2 aromatic rings. The largest absolute Gasteiger partial charge is 0.244 e. The maximum absolute atomic E-state index is 4.44. The topological polar surface area (TPSA) is 12.9 Å². The molecular formula is C15H19NS. The van der Waals surface area contributed by atoms with Crippen molar-refractivity contribution in [2.45, 2.75) is 40.0 Å². The number of aromatic nitrogens is 1. The quantitative estimate of drug-likeness (QED) is 0.756. The number of hydrogen-bond acceptors (Lipinski definition) is 2. The predicted octanol–water partition coefficient (Wildman–Crippen LogP) is 4.77. The van der Waals surface area contributed by atoms with Gasteiger partial charge in [0.05, 0.1) is 11.2 Å². The maximum Gasteiger partial charge on any atom is 0.0840 e. The molecule has 0 amide bonds. The summed E-state index contributed by atoms with van der Waals surface area (Å²) < 4.78 is 0. The second kappa shape index (κ2) is 5.46. The summed E-state index contributed by atoms with van der Waals surface area (Å²) >= 11 is 1.71. The summed E-state index contributed by atoms with van der Waals surface area (Å²) in [4.78, 5) is 5.73. The highest BCUT2D eigenvalue weighted by Crippen LogP contribution is 2.26. The lowest BCUT2D eigenvalue weighted by Gasteiger charge is -2.07. The molecule has 0 aliphatic carbocycles. The highest BCUT2D eigenvalue weighted by molar-refractivity contribution is 7.10. The molecule has 1 nitrogen and oxygen atoms in total. The van der Waals surface area contributed by atoms with Gasteiger partial charge in [0.15, 0.2) is 0 Å². The van der Waals surface area contributed by atoms with E-state index in [0.29, 0.717) is 0 Å². The van der Waals surface area contributed by atoms with E-state index in [1.807, 2.05) is 5.51 Å². The Morgan fingerprint density at radius 1 is 1.24 bits per heavy atom. The summed E-state index contributed by atoms with van der Waals surface area (Å²) in [7, 11) is 0. The van der Waals surface area contributed by atoms with E-state index in [2.05, 4.69) is 44.0 Å². The molecule has 1 aromatic carbocycles. The van der Waals surface area contributed by atoms with Crippen LogP contribution in [0.25, 0.3) is 11.3 Å². The Bertz CT molecular complexity index is 499. The molecule has 0 bridgehead atoms. The van der Waals surface area contributed by atoms with Crippen LogP contribution in [0, 0.1) is 13.8 Å². The minimum atomic E-state index is 1.14. The van der Waals surface area contributed by atoms with Crippen LogP contribution in [0.3, 0.4) is 0 Å². The van der Waals surface area contributed by atoms with Gasteiger partial charge in [0.25, 0.3) is 0 Å². The molecule has 0 atom stereocenters. The first-order chi connectivity index (χ1) is 8.22. The molecule has 2 heteroatoms. The number of rotatable bonds is 4. The molecule has 90 valence electrons. The van der Waals surface area contributed by atoms with Crippen molar-refractivity contribution in [3.63, 3.8) is 0 Å². The van der Waals surface area contributed by atoms with Crippen LogP contribution in [0.2, 0.25) is 0 Å². The first-order valence-electron chi connectivity index (χ1n) is 6.22. The molecule has 1 heterocycles. The first-order valence-corrected chi connectivity index (χ1v) is 7.10. The summed E-state index contributed by atoms with van der Waals surface area (Å²) in [6.45, 7) is 6.58. The van der Waals surface area contributed by atoms with Crippen molar-refractivity contribution >= 4 is 11.3 Å². The first kappa shape index (κ1) is 12.3. The Kier molecular flexibility index (Phi) is 3.95. The monoisotopic (exact) mass is 245 g/mol. The molecule has 2 rings (SSSR count). The SMILES string of the molecule is CCCCc1ccc(-c2ncsc2C)cc1C. The molecule has 17 heavy (non-hydrogen) atoms. The second-order valence-electron chi connectivity index (χ2n) is 4.50. The Balaban J connectivity index is 2.28. The molecule has 0 spiro atoms. The van der Waals surface area contributed by atoms with Crippen molar-refractivity contribution in [3.05, 3.63) is 39.7 Å². The minimum absolute atomic E-state index is 1.14. The maximum atomic E-state index is 4.44. The average molecular weight is 245 g/mol. The van der Waals surface area contributed by atoms with Crippen LogP contribution in [-0.4, -0.2) is 4.98 Å². The van der Waals surface area contributed by atoms with Crippen LogP contribution >= 0.6 is 11.3 Å². The van der Waals surface area contributed by atoms with E-state index in [1.54, 1.807) is 11.3 Å². The summed E-state index contributed by atoms with van der Waals surface area (Å²) in [5.74, 6) is 0. The van der Waals surface area contributed by atoms with Crippen LogP contribution in [0.15, 0.2) is 23.7 Å². The van der Waals surface area contributed by atoms with Crippen LogP contribution in [0.4, 0.5) is 0 Å². The normalized spacial score (nSPS) is 10.8. The highest BCUT2D eigenvalue weighted by Gasteiger charge is 2.06. The number of thiazole rings is 1. The summed E-state index contributed by atoms with van der Waals surface area (Å²) in [6, 6.07) is 6.74. The van der Waals surface area contributed by atoms with E-state index in [0.717, 1.165) is 5.69 Å². The number of hydrogen-bond donors (Lipinski definition) is 0. The zero-order valence-corrected chi connectivity index (χ0v) is 11.6. The van der Waals surface area contributed by atoms with E-state index < -0.39 is 0 Å². The number of benzene rings is 1. The molecule has 0 N–H and O–H groups in total. The fraction of sp³-hybridized carbons (Fsp3) is 0.400. The summed E-state index contributed by atoms with van der Waals surface area (Å²) in [5.41, 5.74) is 7.18. The second-order valence-corrected chi connectivity index (χ2v) is 5.56. The lowest BCUT2D eigenvalue weighted by Crippen LogP contribution is -1.91. The van der Waals surface area contributed by atoms with Gasteiger partial charge in [0.1, 0.15) is 0 Å². The number of unbranched alkanes of at least 4 members (excludes halogenated alkanes) is 1. The van der Waals surface area contributed by atoms with Crippen molar-refractivity contribution < 1.29 is 0 Å². The van der Waals surface area contributed by atoms with Crippen LogP contribution in [0.5, 0.6) is 0 Å². The van der Waals surface area contributed by atoms with Gasteiger partial charge in [-0.25, -0.2) is 4.98 Å². The number of aryl methyl sites for hydroxylation is 3. The zero-order valence-electron chi connectivity index (χ0n) is 10.8. The van der Waals surface area contributed by atoms with Gasteiger partial charge < -0.3 is 0 Å². The third kappa shape index (κ3) is 2.75. The molecule has 0 saturated carbocycles. The van der Waals surface area contributed by atoms with Crippen molar-refractivity contribution in [2.24, 2.45) is 0 Å². The Hall–Kier alpha value is -1.15. The zero-order chi connectivity index (χ0) is 12.3. The minimum Gasteiger partial charge on any atom is -0.244 e. The highest BCUT2D eigenvalue weighted by atomic mass is 32.1. The third-order valence-corrected chi connectivity index (χ3v) is 3.92. The lowest BCUT2D eigenvalue weighted by molar-refractivity contribution is 0.791. The van der Waals surface area contributed by atoms with Crippen LogP contribution in [0.1, 0.15) is 35.8 Å². The van der Waals surface area contributed by atoms with E-state index in [1.165, 1.54) is 40.8 Å². The standard InChI is InChI=1S/C15H19NS/c1-4-5-6-13-7-8-14(9-11(13)2)15-12(3)17-10-16-15/h7-10H,4-6H2,1-3H3. The van der Waals surface area contributed by atoms with Gasteiger partial charge in [-0.2, -0.15) is 0 Å². The summed E-state index contributed by atoms with van der Waals surface area (Å²) in [6.07, 6.45) is 3.72. The Labute approximate surface area is 108 Å². The summed E-state index contributed by atoms with van der Waals surface area (Å²) in [5, 5.41) is 0. The Morgan fingerprint density at radius 3 is 2.65 bits per heavy atom. The fourth-order valence-corrected chi connectivity index (χ4v) is 2.67. The molecule has 0 fully saturated rings. The molecule has 0 radical (unpaired) electrons. The van der Waals surface area contributed by atoms with Gasteiger partial charge in [-0.1, -0.05) is 25.5 Å². The lowest BCUT2D eigenvalue weighted by atomic mass is 9.99. The average Bonchev–Trinajstić information content (AvgIpc) is 2.74. The van der Waals surface area contributed by atoms with Gasteiger partial charge in [-0.15, -0.1) is 11.3 Å². The third-order valence-electron chi connectivity index (χ3n) is 3.16. The number of nitrogens with zero attached hydrogens (tertiary/aromatic N) is 1. The molecule has 0 saturated heterocycles.